The first-order chi connectivity index (χ1) is 9.30. The molecular weight excluding hydrogens is 244 g/mol. The van der Waals surface area contributed by atoms with E-state index in [4.69, 9.17) is 9.47 Å². The minimum Gasteiger partial charge on any atom is -0.376 e. The third-order valence-electron chi connectivity index (χ3n) is 3.66. The molecule has 2 N–H and O–H groups in total. The second-order valence-corrected chi connectivity index (χ2v) is 5.00. The molecule has 1 atom stereocenters. The molecule has 1 spiro atoms. The molecular formula is C14H18N2O3. The Kier molecular flexibility index (Phi) is 3.50. The molecule has 0 aromatic heterocycles. The fourth-order valence-electron chi connectivity index (χ4n) is 2.50. The van der Waals surface area contributed by atoms with Crippen LogP contribution in [0.15, 0.2) is 30.3 Å². The molecule has 2 saturated heterocycles. The monoisotopic (exact) mass is 262 g/mol. The number of ether oxygens (including phenoxy) is 2. The van der Waals surface area contributed by atoms with Crippen molar-refractivity contribution in [2.75, 3.05) is 33.0 Å². The van der Waals surface area contributed by atoms with Crippen molar-refractivity contribution in [2.45, 2.75) is 11.6 Å². The third-order valence-corrected chi connectivity index (χ3v) is 3.66. The standard InChI is InChI=1S/C14H18N2O3/c17-13-14(9-18-6-7-19-10-14)15-8-12(16-13)11-4-2-1-3-5-11/h1-5,12,15H,6-10H2,(H,16,17). The van der Waals surface area contributed by atoms with Crippen LogP contribution in [0.1, 0.15) is 11.6 Å². The van der Waals surface area contributed by atoms with E-state index in [1.165, 1.54) is 0 Å². The largest absolute Gasteiger partial charge is 0.376 e. The lowest BCUT2D eigenvalue weighted by Crippen LogP contribution is -2.68. The van der Waals surface area contributed by atoms with Gasteiger partial charge in [0.25, 0.3) is 0 Å². The number of piperazine rings is 1. The molecule has 2 heterocycles. The number of carbonyl (C=O) groups is 1. The van der Waals surface area contributed by atoms with Gasteiger partial charge in [0.2, 0.25) is 5.91 Å². The second-order valence-electron chi connectivity index (χ2n) is 5.00. The number of carbonyl (C=O) groups excluding carboxylic acids is 1. The highest BCUT2D eigenvalue weighted by Gasteiger charge is 2.44. The van der Waals surface area contributed by atoms with Crippen molar-refractivity contribution in [3.05, 3.63) is 35.9 Å². The average molecular weight is 262 g/mol. The molecule has 0 bridgehead atoms. The van der Waals surface area contributed by atoms with E-state index in [9.17, 15) is 4.79 Å². The number of rotatable bonds is 1. The lowest BCUT2D eigenvalue weighted by Gasteiger charge is -2.39. The Bertz CT molecular complexity index is 441. The van der Waals surface area contributed by atoms with Crippen molar-refractivity contribution in [1.82, 2.24) is 10.6 Å². The first kappa shape index (κ1) is 12.6. The highest BCUT2D eigenvalue weighted by molar-refractivity contribution is 5.88. The van der Waals surface area contributed by atoms with Gasteiger partial charge in [-0.25, -0.2) is 0 Å². The van der Waals surface area contributed by atoms with Gasteiger partial charge in [0, 0.05) is 6.54 Å². The number of nitrogens with one attached hydrogen (secondary N) is 2. The molecule has 2 fully saturated rings. The number of hydrogen-bond acceptors (Lipinski definition) is 4. The predicted molar refractivity (Wildman–Crippen MR) is 69.7 cm³/mol. The lowest BCUT2D eigenvalue weighted by molar-refractivity contribution is -0.134. The Hall–Kier alpha value is -1.43. The van der Waals surface area contributed by atoms with Gasteiger partial charge in [-0.3, -0.25) is 10.1 Å². The van der Waals surface area contributed by atoms with Gasteiger partial charge in [-0.2, -0.15) is 0 Å². The van der Waals surface area contributed by atoms with Gasteiger partial charge in [-0.1, -0.05) is 30.3 Å². The van der Waals surface area contributed by atoms with Crippen molar-refractivity contribution in [3.63, 3.8) is 0 Å². The van der Waals surface area contributed by atoms with E-state index in [1.54, 1.807) is 0 Å². The zero-order valence-corrected chi connectivity index (χ0v) is 10.7. The van der Waals surface area contributed by atoms with Crippen molar-refractivity contribution in [3.8, 4) is 0 Å². The fraction of sp³-hybridized carbons (Fsp3) is 0.500. The zero-order valence-electron chi connectivity index (χ0n) is 10.7. The average Bonchev–Trinajstić information content (AvgIpc) is 2.70. The van der Waals surface area contributed by atoms with Crippen LogP contribution in [-0.2, 0) is 14.3 Å². The summed E-state index contributed by atoms with van der Waals surface area (Å²) in [6.07, 6.45) is 0. The van der Waals surface area contributed by atoms with Gasteiger partial charge < -0.3 is 14.8 Å². The Balaban J connectivity index is 1.73. The number of hydrogen-bond donors (Lipinski definition) is 2. The highest BCUT2D eigenvalue weighted by atomic mass is 16.5. The van der Waals surface area contributed by atoms with Crippen molar-refractivity contribution in [2.24, 2.45) is 0 Å². The topological polar surface area (TPSA) is 59.6 Å². The van der Waals surface area contributed by atoms with Gasteiger partial charge in [0.1, 0.15) is 5.54 Å². The molecule has 1 aromatic rings. The van der Waals surface area contributed by atoms with Crippen molar-refractivity contribution in [1.29, 1.82) is 0 Å². The second kappa shape index (κ2) is 5.28. The minimum absolute atomic E-state index is 0.00239. The van der Waals surface area contributed by atoms with Crippen LogP contribution in [-0.4, -0.2) is 44.4 Å². The van der Waals surface area contributed by atoms with E-state index in [-0.39, 0.29) is 11.9 Å². The molecule has 2 aliphatic rings. The maximum atomic E-state index is 12.4. The van der Waals surface area contributed by atoms with Crippen molar-refractivity contribution >= 4 is 5.91 Å². The molecule has 3 rings (SSSR count). The van der Waals surface area contributed by atoms with Crippen LogP contribution in [0.4, 0.5) is 0 Å². The Morgan fingerprint density at radius 2 is 1.79 bits per heavy atom. The van der Waals surface area contributed by atoms with Crippen LogP contribution in [0.2, 0.25) is 0 Å². The third kappa shape index (κ3) is 2.49. The van der Waals surface area contributed by atoms with Gasteiger partial charge in [-0.05, 0) is 5.56 Å². The molecule has 0 aliphatic carbocycles. The molecule has 2 aliphatic heterocycles. The van der Waals surface area contributed by atoms with E-state index < -0.39 is 5.54 Å². The molecule has 1 aromatic carbocycles. The van der Waals surface area contributed by atoms with E-state index in [0.717, 1.165) is 5.56 Å². The van der Waals surface area contributed by atoms with Gasteiger partial charge in [0.05, 0.1) is 32.5 Å². The van der Waals surface area contributed by atoms with Crippen LogP contribution < -0.4 is 10.6 Å². The minimum atomic E-state index is -0.734. The molecule has 0 saturated carbocycles. The summed E-state index contributed by atoms with van der Waals surface area (Å²) in [6, 6.07) is 9.96. The van der Waals surface area contributed by atoms with E-state index >= 15 is 0 Å². The Morgan fingerprint density at radius 3 is 2.42 bits per heavy atom. The summed E-state index contributed by atoms with van der Waals surface area (Å²) >= 11 is 0. The molecule has 0 radical (unpaired) electrons. The summed E-state index contributed by atoms with van der Waals surface area (Å²) < 4.78 is 10.9. The summed E-state index contributed by atoms with van der Waals surface area (Å²) in [5, 5.41) is 6.37. The zero-order chi connectivity index (χ0) is 13.1. The number of benzene rings is 1. The molecule has 5 nitrogen and oxygen atoms in total. The smallest absolute Gasteiger partial charge is 0.245 e. The summed E-state index contributed by atoms with van der Waals surface area (Å²) in [7, 11) is 0. The van der Waals surface area contributed by atoms with E-state index in [1.807, 2.05) is 30.3 Å². The normalized spacial score (nSPS) is 26.7. The molecule has 19 heavy (non-hydrogen) atoms. The first-order valence-corrected chi connectivity index (χ1v) is 6.57. The lowest BCUT2D eigenvalue weighted by atomic mass is 9.94. The molecule has 1 amide bonds. The quantitative estimate of drug-likeness (QED) is 0.761. The van der Waals surface area contributed by atoms with Crippen LogP contribution >= 0.6 is 0 Å². The van der Waals surface area contributed by atoms with Gasteiger partial charge in [0.15, 0.2) is 0 Å². The number of amides is 1. The maximum absolute atomic E-state index is 12.4. The van der Waals surface area contributed by atoms with E-state index in [2.05, 4.69) is 10.6 Å². The predicted octanol–water partition coefficient (Wildman–Crippen LogP) is 0.233. The first-order valence-electron chi connectivity index (χ1n) is 6.57. The van der Waals surface area contributed by atoms with Crippen LogP contribution in [0, 0.1) is 0 Å². The highest BCUT2D eigenvalue weighted by Crippen LogP contribution is 2.21. The molecule has 1 unspecified atom stereocenters. The van der Waals surface area contributed by atoms with Crippen LogP contribution in [0.25, 0.3) is 0 Å². The molecule has 102 valence electrons. The van der Waals surface area contributed by atoms with E-state index in [0.29, 0.717) is 33.0 Å². The van der Waals surface area contributed by atoms with Crippen molar-refractivity contribution < 1.29 is 14.3 Å². The summed E-state index contributed by atoms with van der Waals surface area (Å²) in [5.74, 6) is -0.0468. The fourth-order valence-corrected chi connectivity index (χ4v) is 2.50. The Labute approximate surface area is 112 Å². The summed E-state index contributed by atoms with van der Waals surface area (Å²) in [4.78, 5) is 12.4. The van der Waals surface area contributed by atoms with Crippen LogP contribution in [0.3, 0.4) is 0 Å². The van der Waals surface area contributed by atoms with Gasteiger partial charge in [-0.15, -0.1) is 0 Å². The molecule has 5 heteroatoms. The summed E-state index contributed by atoms with van der Waals surface area (Å²) in [5.41, 5.74) is 0.371. The van der Waals surface area contributed by atoms with Crippen LogP contribution in [0.5, 0.6) is 0 Å². The Morgan fingerprint density at radius 1 is 1.11 bits per heavy atom. The maximum Gasteiger partial charge on any atom is 0.245 e. The SMILES string of the molecule is O=C1NC(c2ccccc2)CNC12COCCOC2. The summed E-state index contributed by atoms with van der Waals surface area (Å²) in [6.45, 7) is 2.49. The van der Waals surface area contributed by atoms with Gasteiger partial charge >= 0.3 is 0 Å².